The highest BCUT2D eigenvalue weighted by molar-refractivity contribution is 7.89. The maximum Gasteiger partial charge on any atom is 0.311 e. The number of nitrogens with zero attached hydrogens (tertiary/aromatic N) is 1. The molecule has 0 aliphatic carbocycles. The Morgan fingerprint density at radius 2 is 1.93 bits per heavy atom. The minimum atomic E-state index is -3.55. The van der Waals surface area contributed by atoms with Gasteiger partial charge in [0.15, 0.2) is 6.61 Å². The highest BCUT2D eigenvalue weighted by Crippen LogP contribution is 2.23. The fraction of sp³-hybridized carbons (Fsp3) is 0.333. The molecule has 0 bridgehead atoms. The summed E-state index contributed by atoms with van der Waals surface area (Å²) in [5.74, 6) is -1.01. The molecule has 1 aliphatic heterocycles. The standard InChI is InChI=1S/C18H20N2O5S2/c21-17(13-25-18(22)12-15-6-4-10-26-15)19-14-5-3-7-16(11-14)27(23,24)20-8-1-2-9-20/h3-7,10-11H,1-2,8-9,12-13H2,(H,19,21). The van der Waals surface area contributed by atoms with Gasteiger partial charge in [-0.1, -0.05) is 12.1 Å². The summed E-state index contributed by atoms with van der Waals surface area (Å²) in [6, 6.07) is 9.74. The first-order valence-electron chi connectivity index (χ1n) is 8.53. The lowest BCUT2D eigenvalue weighted by Gasteiger charge is -2.16. The van der Waals surface area contributed by atoms with Crippen LogP contribution in [0.4, 0.5) is 5.69 Å². The van der Waals surface area contributed by atoms with Crippen LogP contribution in [0.3, 0.4) is 0 Å². The van der Waals surface area contributed by atoms with Crippen molar-refractivity contribution in [2.45, 2.75) is 24.2 Å². The molecule has 1 fully saturated rings. The number of esters is 1. The molecule has 1 amide bonds. The second-order valence-corrected chi connectivity index (χ2v) is 9.07. The van der Waals surface area contributed by atoms with Gasteiger partial charge >= 0.3 is 5.97 Å². The van der Waals surface area contributed by atoms with Crippen molar-refractivity contribution in [3.8, 4) is 0 Å². The molecule has 1 aromatic carbocycles. The Bertz CT molecular complexity index is 904. The number of carbonyl (C=O) groups is 2. The SMILES string of the molecule is O=C(COC(=O)Cc1cccs1)Nc1cccc(S(=O)(=O)N2CCCC2)c1. The van der Waals surface area contributed by atoms with E-state index in [1.54, 1.807) is 12.1 Å². The lowest BCUT2D eigenvalue weighted by Crippen LogP contribution is -2.28. The lowest BCUT2D eigenvalue weighted by molar-refractivity contribution is -0.146. The Kier molecular flexibility index (Phi) is 6.25. The molecule has 7 nitrogen and oxygen atoms in total. The van der Waals surface area contributed by atoms with Crippen molar-refractivity contribution in [2.24, 2.45) is 0 Å². The number of ether oxygens (including phenoxy) is 1. The number of carbonyl (C=O) groups excluding carboxylic acids is 2. The molecule has 27 heavy (non-hydrogen) atoms. The van der Waals surface area contributed by atoms with Gasteiger partial charge in [-0.25, -0.2) is 8.42 Å². The number of benzene rings is 1. The summed E-state index contributed by atoms with van der Waals surface area (Å²) < 4.78 is 31.6. The summed E-state index contributed by atoms with van der Waals surface area (Å²) >= 11 is 1.44. The van der Waals surface area contributed by atoms with Crippen molar-refractivity contribution in [1.82, 2.24) is 4.31 Å². The van der Waals surface area contributed by atoms with E-state index in [2.05, 4.69) is 5.32 Å². The fourth-order valence-corrected chi connectivity index (χ4v) is 5.02. The highest BCUT2D eigenvalue weighted by atomic mass is 32.2. The van der Waals surface area contributed by atoms with E-state index in [1.807, 2.05) is 17.5 Å². The van der Waals surface area contributed by atoms with Gasteiger partial charge in [-0.15, -0.1) is 11.3 Å². The first-order chi connectivity index (χ1) is 12.9. The van der Waals surface area contributed by atoms with Crippen LogP contribution in [0.1, 0.15) is 17.7 Å². The second-order valence-electron chi connectivity index (χ2n) is 6.10. The second kappa shape index (κ2) is 8.64. The zero-order valence-electron chi connectivity index (χ0n) is 14.6. The largest absolute Gasteiger partial charge is 0.455 e. The molecule has 0 unspecified atom stereocenters. The Balaban J connectivity index is 1.56. The third kappa shape index (κ3) is 5.15. The predicted octanol–water partition coefficient (Wildman–Crippen LogP) is 2.26. The maximum absolute atomic E-state index is 12.6. The van der Waals surface area contributed by atoms with Crippen molar-refractivity contribution in [3.63, 3.8) is 0 Å². The van der Waals surface area contributed by atoms with Gasteiger partial charge in [0.1, 0.15) is 0 Å². The van der Waals surface area contributed by atoms with E-state index in [0.29, 0.717) is 18.8 Å². The molecule has 1 aromatic heterocycles. The van der Waals surface area contributed by atoms with Gasteiger partial charge in [-0.3, -0.25) is 9.59 Å². The Morgan fingerprint density at radius 3 is 2.63 bits per heavy atom. The number of amides is 1. The van der Waals surface area contributed by atoms with Crippen LogP contribution in [-0.4, -0.2) is 44.3 Å². The first-order valence-corrected chi connectivity index (χ1v) is 10.9. The highest BCUT2D eigenvalue weighted by Gasteiger charge is 2.27. The Hall–Kier alpha value is -2.23. The predicted molar refractivity (Wildman–Crippen MR) is 102 cm³/mol. The van der Waals surface area contributed by atoms with Gasteiger partial charge in [0.2, 0.25) is 10.0 Å². The monoisotopic (exact) mass is 408 g/mol. The van der Waals surface area contributed by atoms with Gasteiger partial charge in [0.25, 0.3) is 5.91 Å². The minimum Gasteiger partial charge on any atom is -0.455 e. The van der Waals surface area contributed by atoms with Crippen LogP contribution in [0, 0.1) is 0 Å². The summed E-state index contributed by atoms with van der Waals surface area (Å²) in [5.41, 5.74) is 0.342. The summed E-state index contributed by atoms with van der Waals surface area (Å²) in [6.07, 6.45) is 1.83. The summed E-state index contributed by atoms with van der Waals surface area (Å²) in [4.78, 5) is 24.7. The zero-order chi connectivity index (χ0) is 19.3. The quantitative estimate of drug-likeness (QED) is 0.710. The van der Waals surface area contributed by atoms with Crippen LogP contribution in [-0.2, 0) is 30.8 Å². The van der Waals surface area contributed by atoms with Crippen LogP contribution in [0.25, 0.3) is 0 Å². The number of sulfonamides is 1. The molecule has 2 aromatic rings. The van der Waals surface area contributed by atoms with Gasteiger partial charge in [-0.05, 0) is 42.5 Å². The first kappa shape index (κ1) is 19.5. The number of thiophene rings is 1. The van der Waals surface area contributed by atoms with Crippen LogP contribution >= 0.6 is 11.3 Å². The molecule has 0 radical (unpaired) electrons. The number of hydrogen-bond donors (Lipinski definition) is 1. The van der Waals surface area contributed by atoms with Crippen molar-refractivity contribution < 1.29 is 22.7 Å². The summed E-state index contributed by atoms with van der Waals surface area (Å²) in [6.45, 7) is 0.603. The Morgan fingerprint density at radius 1 is 1.15 bits per heavy atom. The van der Waals surface area contributed by atoms with Gasteiger partial charge in [0.05, 0.1) is 11.3 Å². The fourth-order valence-electron chi connectivity index (χ4n) is 2.76. The van der Waals surface area contributed by atoms with Crippen LogP contribution in [0.5, 0.6) is 0 Å². The van der Waals surface area contributed by atoms with Crippen molar-refractivity contribution in [2.75, 3.05) is 25.0 Å². The maximum atomic E-state index is 12.6. The number of anilines is 1. The smallest absolute Gasteiger partial charge is 0.311 e. The molecular formula is C18H20N2O5S2. The molecule has 9 heteroatoms. The van der Waals surface area contributed by atoms with Crippen LogP contribution in [0.15, 0.2) is 46.7 Å². The molecule has 0 saturated carbocycles. The topological polar surface area (TPSA) is 92.8 Å². The van der Waals surface area contributed by atoms with Crippen LogP contribution < -0.4 is 5.32 Å². The van der Waals surface area contributed by atoms with Gasteiger partial charge in [0, 0.05) is 23.7 Å². The third-order valence-corrected chi connectivity index (χ3v) is 6.85. The number of rotatable bonds is 7. The molecule has 1 N–H and O–H groups in total. The molecular weight excluding hydrogens is 388 g/mol. The van der Waals surface area contributed by atoms with E-state index < -0.39 is 28.5 Å². The minimum absolute atomic E-state index is 0.120. The molecule has 2 heterocycles. The number of nitrogens with one attached hydrogen (secondary N) is 1. The van der Waals surface area contributed by atoms with Crippen molar-refractivity contribution in [1.29, 1.82) is 0 Å². The number of hydrogen-bond acceptors (Lipinski definition) is 6. The van der Waals surface area contributed by atoms with Crippen molar-refractivity contribution in [3.05, 3.63) is 46.7 Å². The molecule has 0 atom stereocenters. The average Bonchev–Trinajstić information content (AvgIpc) is 3.34. The summed E-state index contributed by atoms with van der Waals surface area (Å²) in [5, 5.41) is 4.42. The van der Waals surface area contributed by atoms with E-state index in [0.717, 1.165) is 17.7 Å². The molecule has 1 saturated heterocycles. The lowest BCUT2D eigenvalue weighted by atomic mass is 10.3. The van der Waals surface area contributed by atoms with Crippen molar-refractivity contribution >= 4 is 38.9 Å². The van der Waals surface area contributed by atoms with Crippen LogP contribution in [0.2, 0.25) is 0 Å². The van der Waals surface area contributed by atoms with E-state index in [-0.39, 0.29) is 11.3 Å². The average molecular weight is 409 g/mol. The third-order valence-electron chi connectivity index (χ3n) is 4.08. The normalized spacial score (nSPS) is 14.8. The van der Waals surface area contributed by atoms with E-state index in [9.17, 15) is 18.0 Å². The molecule has 144 valence electrons. The summed E-state index contributed by atoms with van der Waals surface area (Å²) in [7, 11) is -3.55. The Labute approximate surface area is 162 Å². The zero-order valence-corrected chi connectivity index (χ0v) is 16.2. The van der Waals surface area contributed by atoms with E-state index in [4.69, 9.17) is 4.74 Å². The van der Waals surface area contributed by atoms with Gasteiger partial charge < -0.3 is 10.1 Å². The molecule has 3 rings (SSSR count). The van der Waals surface area contributed by atoms with Gasteiger partial charge in [-0.2, -0.15) is 4.31 Å². The van der Waals surface area contributed by atoms with E-state index in [1.165, 1.54) is 27.8 Å². The van der Waals surface area contributed by atoms with E-state index >= 15 is 0 Å². The molecule has 0 spiro atoms. The molecule has 1 aliphatic rings.